The van der Waals surface area contributed by atoms with Crippen LogP contribution in [-0.4, -0.2) is 48.3 Å². The number of esters is 1. The van der Waals surface area contributed by atoms with Crippen molar-refractivity contribution in [2.75, 3.05) is 26.7 Å². The number of nitrogens with zero attached hydrogens (tertiary/aromatic N) is 1. The van der Waals surface area contributed by atoms with Crippen LogP contribution in [0.2, 0.25) is 0 Å². The van der Waals surface area contributed by atoms with Gasteiger partial charge in [-0.25, -0.2) is 4.79 Å². The molecule has 0 saturated carbocycles. The molecule has 4 nitrogen and oxygen atoms in total. The Morgan fingerprint density at radius 3 is 1.96 bits per heavy atom. The zero-order valence-electron chi connectivity index (χ0n) is 15.2. The van der Waals surface area contributed by atoms with Gasteiger partial charge in [0.05, 0.1) is 20.1 Å². The van der Waals surface area contributed by atoms with Crippen LogP contribution < -0.4 is 0 Å². The number of aliphatic hydroxyl groups is 1. The number of rotatable bonds is 4. The van der Waals surface area contributed by atoms with Gasteiger partial charge in [0.15, 0.2) is 6.10 Å². The van der Waals surface area contributed by atoms with Crippen LogP contribution in [0.15, 0.2) is 60.7 Å². The quantitative estimate of drug-likeness (QED) is 0.681. The Kier molecular flexibility index (Phi) is 4.33. The molecule has 2 bridgehead atoms. The second-order valence-electron chi connectivity index (χ2n) is 7.97. The maximum atomic E-state index is 13.2. The fourth-order valence-electron chi connectivity index (χ4n) is 4.47. The Bertz CT molecular complexity index is 727. The number of ether oxygens (including phenoxy) is 1. The first-order valence-electron chi connectivity index (χ1n) is 9.39. The van der Waals surface area contributed by atoms with Crippen molar-refractivity contribution in [3.8, 4) is 0 Å². The molecular weight excluding hydrogens is 325 g/mol. The number of carbonyl (C=O) groups excluding carboxylic acids is 1. The van der Waals surface area contributed by atoms with Gasteiger partial charge >= 0.3 is 5.97 Å². The molecule has 5 rings (SSSR count). The number of hydrogen-bond donors (Lipinski definition) is 1. The van der Waals surface area contributed by atoms with E-state index in [-0.39, 0.29) is 6.10 Å². The number of piperidine rings is 3. The molecule has 26 heavy (non-hydrogen) atoms. The molecule has 3 aliphatic rings. The molecular formula is C22H26NO3+. The van der Waals surface area contributed by atoms with Crippen molar-refractivity contribution in [1.82, 2.24) is 0 Å². The Morgan fingerprint density at radius 1 is 1.00 bits per heavy atom. The molecule has 0 aromatic heterocycles. The molecule has 3 heterocycles. The van der Waals surface area contributed by atoms with Gasteiger partial charge in [0.2, 0.25) is 5.60 Å². The van der Waals surface area contributed by atoms with Gasteiger partial charge in [-0.15, -0.1) is 0 Å². The summed E-state index contributed by atoms with van der Waals surface area (Å²) in [5.74, 6) is -0.157. The molecule has 0 amide bonds. The largest absolute Gasteiger partial charge is 0.453 e. The summed E-state index contributed by atoms with van der Waals surface area (Å²) in [5.41, 5.74) is -0.705. The SMILES string of the molecule is [11CH3][N+]12CCC(CC1)[C@H](OC(=O)C(O)(c1ccccc1)c1ccccc1)C2. The number of likely N-dealkylation sites (N-methyl/N-ethyl adjacent to an activating group) is 1. The maximum absolute atomic E-state index is 13.2. The van der Waals surface area contributed by atoms with Crippen LogP contribution in [0.5, 0.6) is 0 Å². The number of benzene rings is 2. The van der Waals surface area contributed by atoms with Gasteiger partial charge in [-0.3, -0.25) is 0 Å². The summed E-state index contributed by atoms with van der Waals surface area (Å²) < 4.78 is 6.92. The monoisotopic (exact) mass is 351 g/mol. The van der Waals surface area contributed by atoms with Crippen molar-refractivity contribution in [2.24, 2.45) is 5.92 Å². The van der Waals surface area contributed by atoms with Gasteiger partial charge in [-0.1, -0.05) is 60.7 Å². The molecule has 2 aromatic rings. The van der Waals surface area contributed by atoms with Crippen LogP contribution >= 0.6 is 0 Å². The third kappa shape index (κ3) is 2.93. The summed E-state index contributed by atoms with van der Waals surface area (Å²) in [6.45, 7) is 3.15. The van der Waals surface area contributed by atoms with Crippen molar-refractivity contribution < 1.29 is 19.1 Å². The molecule has 1 atom stereocenters. The highest BCUT2D eigenvalue weighted by Gasteiger charge is 2.49. The van der Waals surface area contributed by atoms with E-state index in [9.17, 15) is 9.90 Å². The number of fused-ring (bicyclic) bond motifs is 3. The summed E-state index contributed by atoms with van der Waals surface area (Å²) in [7, 11) is 2.23. The Balaban J connectivity index is 1.65. The summed E-state index contributed by atoms with van der Waals surface area (Å²) in [4.78, 5) is 13.2. The molecule has 0 spiro atoms. The van der Waals surface area contributed by atoms with E-state index in [0.717, 1.165) is 37.0 Å². The molecule has 0 unspecified atom stereocenters. The highest BCUT2D eigenvalue weighted by atomic mass is 16.6. The highest BCUT2D eigenvalue weighted by Crippen LogP contribution is 2.37. The topological polar surface area (TPSA) is 46.5 Å². The van der Waals surface area contributed by atoms with E-state index in [0.29, 0.717) is 17.0 Å². The standard InChI is InChI=1S/C22H26NO3/c1-23-14-12-17(13-15-23)20(16-23)26-21(24)22(25,18-8-4-2-5-9-18)19-10-6-3-7-11-19/h2-11,17,20,25H,12-16H2,1H3/q+1/t17?,20-,23?/m1/s1/i1-1. The Labute approximate surface area is 154 Å². The summed E-state index contributed by atoms with van der Waals surface area (Å²) in [6.07, 6.45) is 2.06. The molecule has 1 N–H and O–H groups in total. The second kappa shape index (κ2) is 6.53. The van der Waals surface area contributed by atoms with Crippen LogP contribution in [-0.2, 0) is 15.1 Å². The fourth-order valence-corrected chi connectivity index (χ4v) is 4.47. The molecule has 0 aliphatic carbocycles. The van der Waals surface area contributed by atoms with Gasteiger partial charge in [0.25, 0.3) is 0 Å². The van der Waals surface area contributed by atoms with Crippen molar-refractivity contribution >= 4 is 5.97 Å². The number of quaternary nitrogens is 1. The van der Waals surface area contributed by atoms with E-state index in [1.165, 1.54) is 0 Å². The zero-order chi connectivity index (χ0) is 18.2. The van der Waals surface area contributed by atoms with Gasteiger partial charge < -0.3 is 14.3 Å². The normalized spacial score (nSPS) is 27.9. The molecule has 3 aliphatic heterocycles. The Morgan fingerprint density at radius 2 is 1.50 bits per heavy atom. The lowest BCUT2D eigenvalue weighted by molar-refractivity contribution is -0.928. The van der Waals surface area contributed by atoms with Crippen LogP contribution in [0, 0.1) is 5.92 Å². The van der Waals surface area contributed by atoms with Crippen LogP contribution in [0.3, 0.4) is 0 Å². The van der Waals surface area contributed by atoms with E-state index in [1.54, 1.807) is 24.3 Å². The highest BCUT2D eigenvalue weighted by molar-refractivity contribution is 5.85. The molecule has 3 saturated heterocycles. The zero-order valence-corrected chi connectivity index (χ0v) is 15.2. The van der Waals surface area contributed by atoms with Crippen molar-refractivity contribution in [2.45, 2.75) is 24.5 Å². The minimum atomic E-state index is -1.78. The lowest BCUT2D eigenvalue weighted by atomic mass is 9.81. The molecule has 2 aromatic carbocycles. The number of hydrogen-bond acceptors (Lipinski definition) is 3. The smallest absolute Gasteiger partial charge is 0.348 e. The molecule has 136 valence electrons. The fraction of sp³-hybridized carbons (Fsp3) is 0.409. The van der Waals surface area contributed by atoms with Gasteiger partial charge in [-0.2, -0.15) is 0 Å². The molecule has 3 fully saturated rings. The van der Waals surface area contributed by atoms with E-state index in [1.807, 2.05) is 36.4 Å². The summed E-state index contributed by atoms with van der Waals surface area (Å²) in [5, 5.41) is 11.5. The third-order valence-electron chi connectivity index (χ3n) is 6.16. The predicted octanol–water partition coefficient (Wildman–Crippen LogP) is 2.70. The second-order valence-corrected chi connectivity index (χ2v) is 7.97. The van der Waals surface area contributed by atoms with E-state index < -0.39 is 11.6 Å². The lowest BCUT2D eigenvalue weighted by Crippen LogP contribution is -2.62. The third-order valence-corrected chi connectivity index (χ3v) is 6.16. The average Bonchev–Trinajstić information content (AvgIpc) is 2.69. The summed E-state index contributed by atoms with van der Waals surface area (Å²) in [6, 6.07) is 18.2. The van der Waals surface area contributed by atoms with Crippen molar-refractivity contribution in [3.63, 3.8) is 0 Å². The minimum Gasteiger partial charge on any atom is -0.453 e. The van der Waals surface area contributed by atoms with Crippen molar-refractivity contribution in [3.05, 3.63) is 71.8 Å². The average molecular weight is 351 g/mol. The maximum Gasteiger partial charge on any atom is 0.348 e. The predicted molar refractivity (Wildman–Crippen MR) is 99.3 cm³/mol. The first kappa shape index (κ1) is 17.3. The Hall–Kier alpha value is -2.17. The van der Waals surface area contributed by atoms with E-state index >= 15 is 0 Å². The van der Waals surface area contributed by atoms with Crippen LogP contribution in [0.4, 0.5) is 0 Å². The van der Waals surface area contributed by atoms with Crippen LogP contribution in [0.1, 0.15) is 24.0 Å². The van der Waals surface area contributed by atoms with Gasteiger partial charge in [0, 0.05) is 18.8 Å². The van der Waals surface area contributed by atoms with Gasteiger partial charge in [0.1, 0.15) is 6.54 Å². The first-order chi connectivity index (χ1) is 12.5. The first-order valence-corrected chi connectivity index (χ1v) is 9.39. The van der Waals surface area contributed by atoms with Crippen LogP contribution in [0.25, 0.3) is 0 Å². The number of carbonyl (C=O) groups is 1. The summed E-state index contributed by atoms with van der Waals surface area (Å²) >= 11 is 0. The van der Waals surface area contributed by atoms with Crippen molar-refractivity contribution in [1.29, 1.82) is 0 Å². The molecule has 4 heteroatoms. The van der Waals surface area contributed by atoms with E-state index in [2.05, 4.69) is 7.05 Å². The van der Waals surface area contributed by atoms with E-state index in [4.69, 9.17) is 4.74 Å². The van der Waals surface area contributed by atoms with Gasteiger partial charge in [-0.05, 0) is 11.1 Å². The molecule has 0 radical (unpaired) electrons. The lowest BCUT2D eigenvalue weighted by Gasteiger charge is -2.50. The minimum absolute atomic E-state index is 0.117.